The molecule has 2 aromatic rings. The van der Waals surface area contributed by atoms with E-state index >= 15 is 0 Å². The summed E-state index contributed by atoms with van der Waals surface area (Å²) in [5, 5.41) is -0.245. The van der Waals surface area contributed by atoms with Gasteiger partial charge in [-0.15, -0.1) is 0 Å². The number of aryl methyl sites for hydroxylation is 2. The average Bonchev–Trinajstić information content (AvgIpc) is 2.78. The van der Waals surface area contributed by atoms with Crippen molar-refractivity contribution in [2.24, 2.45) is 0 Å². The lowest BCUT2D eigenvalue weighted by atomic mass is 10.3. The zero-order valence-corrected chi connectivity index (χ0v) is 14.1. The zero-order valence-electron chi connectivity index (χ0n) is 13.3. The van der Waals surface area contributed by atoms with Crippen molar-refractivity contribution in [3.8, 4) is 0 Å². The highest BCUT2D eigenvalue weighted by Crippen LogP contribution is 2.17. The molecule has 22 heavy (non-hydrogen) atoms. The Balaban J connectivity index is 1.85. The topological polar surface area (TPSA) is 67.6 Å². The lowest BCUT2D eigenvalue weighted by molar-refractivity contribution is 0.279. The molecule has 6 nitrogen and oxygen atoms in total. The van der Waals surface area contributed by atoms with Crippen LogP contribution in [0.2, 0.25) is 0 Å². The Hall–Kier alpha value is -1.47. The van der Waals surface area contributed by atoms with Gasteiger partial charge in [0.1, 0.15) is 0 Å². The second-order valence-electron chi connectivity index (χ2n) is 6.17. The van der Waals surface area contributed by atoms with Gasteiger partial charge in [-0.05, 0) is 39.8 Å². The summed E-state index contributed by atoms with van der Waals surface area (Å²) in [5.41, 5.74) is 3.12. The van der Waals surface area contributed by atoms with Gasteiger partial charge in [0.25, 0.3) is 0 Å². The van der Waals surface area contributed by atoms with Gasteiger partial charge in [-0.2, -0.15) is 0 Å². The molecule has 0 radical (unpaired) electrons. The molecular weight excluding hydrogens is 300 g/mol. The lowest BCUT2D eigenvalue weighted by Gasteiger charge is -2.19. The van der Waals surface area contributed by atoms with E-state index in [0.29, 0.717) is 25.3 Å². The van der Waals surface area contributed by atoms with E-state index in [0.717, 1.165) is 23.6 Å². The smallest absolute Gasteiger partial charge is 0.234 e. The molecule has 0 aliphatic carbocycles. The van der Waals surface area contributed by atoms with Crippen molar-refractivity contribution in [2.75, 3.05) is 18.8 Å². The van der Waals surface area contributed by atoms with Crippen molar-refractivity contribution in [2.45, 2.75) is 39.0 Å². The maximum atomic E-state index is 12.0. The Bertz CT molecular complexity index is 797. The second-order valence-corrected chi connectivity index (χ2v) is 8.70. The van der Waals surface area contributed by atoms with E-state index < -0.39 is 9.84 Å². The maximum absolute atomic E-state index is 12.0. The van der Waals surface area contributed by atoms with Crippen LogP contribution in [0, 0.1) is 13.8 Å². The Kier molecular flexibility index (Phi) is 3.94. The van der Waals surface area contributed by atoms with Crippen LogP contribution in [-0.2, 0) is 16.4 Å². The highest BCUT2D eigenvalue weighted by atomic mass is 32.2. The van der Waals surface area contributed by atoms with Crippen LogP contribution in [0.25, 0.3) is 5.78 Å². The van der Waals surface area contributed by atoms with Gasteiger partial charge in [0.05, 0.1) is 22.9 Å². The minimum atomic E-state index is -2.94. The van der Waals surface area contributed by atoms with Gasteiger partial charge in [0.2, 0.25) is 5.78 Å². The molecule has 7 heteroatoms. The Morgan fingerprint density at radius 1 is 1.32 bits per heavy atom. The molecule has 3 rings (SSSR count). The number of sulfone groups is 1. The third-order valence-corrected chi connectivity index (χ3v) is 6.62. The van der Waals surface area contributed by atoms with Gasteiger partial charge in [-0.25, -0.2) is 18.4 Å². The summed E-state index contributed by atoms with van der Waals surface area (Å²) in [4.78, 5) is 11.0. The Morgan fingerprint density at radius 2 is 2.09 bits per heavy atom. The quantitative estimate of drug-likeness (QED) is 0.835. The predicted octanol–water partition coefficient (Wildman–Crippen LogP) is 1.36. The van der Waals surface area contributed by atoms with Gasteiger partial charge in [0.15, 0.2) is 9.84 Å². The van der Waals surface area contributed by atoms with Crippen LogP contribution in [0.5, 0.6) is 0 Å². The van der Waals surface area contributed by atoms with Gasteiger partial charge < -0.3 is 0 Å². The van der Waals surface area contributed by atoms with E-state index in [1.54, 1.807) is 0 Å². The van der Waals surface area contributed by atoms with Crippen LogP contribution in [0.3, 0.4) is 0 Å². The summed E-state index contributed by atoms with van der Waals surface area (Å²) >= 11 is 0. The number of aromatic nitrogens is 3. The molecule has 1 fully saturated rings. The second kappa shape index (κ2) is 5.62. The molecule has 1 saturated heterocycles. The normalized spacial score (nSPS) is 22.8. The molecule has 0 bridgehead atoms. The van der Waals surface area contributed by atoms with Crippen molar-refractivity contribution in [1.29, 1.82) is 0 Å². The number of hydrogen-bond donors (Lipinski definition) is 0. The zero-order chi connectivity index (χ0) is 15.9. The van der Waals surface area contributed by atoms with Crippen molar-refractivity contribution in [3.05, 3.63) is 29.3 Å². The van der Waals surface area contributed by atoms with Crippen molar-refractivity contribution in [3.63, 3.8) is 0 Å². The van der Waals surface area contributed by atoms with E-state index in [1.165, 1.54) is 0 Å². The van der Waals surface area contributed by atoms with E-state index in [2.05, 4.69) is 19.3 Å². The molecule has 3 heterocycles. The Labute approximate surface area is 131 Å². The first kappa shape index (κ1) is 15.4. The molecule has 0 amide bonds. The van der Waals surface area contributed by atoms with Gasteiger partial charge >= 0.3 is 0 Å². The van der Waals surface area contributed by atoms with E-state index in [1.807, 2.05) is 33.0 Å². The van der Waals surface area contributed by atoms with Crippen LogP contribution < -0.4 is 0 Å². The van der Waals surface area contributed by atoms with Crippen LogP contribution in [-0.4, -0.2) is 51.8 Å². The summed E-state index contributed by atoms with van der Waals surface area (Å²) in [5.74, 6) is 0.949. The average molecular weight is 322 g/mol. The summed E-state index contributed by atoms with van der Waals surface area (Å²) in [6.45, 7) is 7.90. The predicted molar refractivity (Wildman–Crippen MR) is 85.6 cm³/mol. The molecule has 1 aliphatic rings. The summed E-state index contributed by atoms with van der Waals surface area (Å²) < 4.78 is 26.1. The van der Waals surface area contributed by atoms with Crippen LogP contribution >= 0.6 is 0 Å². The molecule has 0 N–H and O–H groups in total. The third kappa shape index (κ3) is 2.87. The first-order valence-corrected chi connectivity index (χ1v) is 9.33. The standard InChI is InChI=1S/C15H22N4O2S/c1-11-8-12(2)19-14(9-16-15(19)17-11)10-18-5-4-13(3)22(20,21)7-6-18/h8-9,13H,4-7,10H2,1-3H3/t13-/m0/s1. The maximum Gasteiger partial charge on any atom is 0.234 e. The molecule has 0 saturated carbocycles. The molecule has 1 atom stereocenters. The minimum absolute atomic E-state index is 0.237. The third-order valence-electron chi connectivity index (χ3n) is 4.41. The number of hydrogen-bond acceptors (Lipinski definition) is 5. The van der Waals surface area contributed by atoms with Crippen LogP contribution in [0.4, 0.5) is 0 Å². The first-order chi connectivity index (χ1) is 10.4. The van der Waals surface area contributed by atoms with E-state index in [4.69, 9.17) is 0 Å². The van der Waals surface area contributed by atoms with E-state index in [9.17, 15) is 8.42 Å². The van der Waals surface area contributed by atoms with Crippen molar-refractivity contribution in [1.82, 2.24) is 19.3 Å². The fourth-order valence-corrected chi connectivity index (χ4v) is 4.39. The molecule has 1 aliphatic heterocycles. The first-order valence-electron chi connectivity index (χ1n) is 7.61. The summed E-state index contributed by atoms with van der Waals surface area (Å²) in [6.07, 6.45) is 2.53. The number of imidazole rings is 1. The number of nitrogens with zero attached hydrogens (tertiary/aromatic N) is 4. The number of rotatable bonds is 2. The molecule has 0 unspecified atom stereocenters. The van der Waals surface area contributed by atoms with Crippen LogP contribution in [0.15, 0.2) is 12.3 Å². The van der Waals surface area contributed by atoms with E-state index in [-0.39, 0.29) is 11.0 Å². The molecule has 0 aromatic carbocycles. The molecule has 0 spiro atoms. The van der Waals surface area contributed by atoms with Gasteiger partial charge in [0, 0.05) is 24.5 Å². The van der Waals surface area contributed by atoms with Crippen LogP contribution in [0.1, 0.15) is 30.4 Å². The molecule has 2 aromatic heterocycles. The SMILES string of the molecule is Cc1cc(C)n2c(CN3CC[C@H](C)S(=O)(=O)CC3)cnc2n1. The fourth-order valence-electron chi connectivity index (χ4n) is 3.01. The van der Waals surface area contributed by atoms with Gasteiger partial charge in [-0.3, -0.25) is 9.30 Å². The van der Waals surface area contributed by atoms with Crippen molar-refractivity contribution >= 4 is 15.6 Å². The Morgan fingerprint density at radius 3 is 2.86 bits per heavy atom. The largest absolute Gasteiger partial charge is 0.296 e. The lowest BCUT2D eigenvalue weighted by Crippen LogP contribution is -2.27. The van der Waals surface area contributed by atoms with Crippen molar-refractivity contribution < 1.29 is 8.42 Å². The monoisotopic (exact) mass is 322 g/mol. The fraction of sp³-hybridized carbons (Fsp3) is 0.600. The van der Waals surface area contributed by atoms with Gasteiger partial charge in [-0.1, -0.05) is 0 Å². The number of fused-ring (bicyclic) bond motifs is 1. The summed E-state index contributed by atoms with van der Waals surface area (Å²) in [6, 6.07) is 2.03. The highest BCUT2D eigenvalue weighted by Gasteiger charge is 2.26. The highest BCUT2D eigenvalue weighted by molar-refractivity contribution is 7.92. The molecular formula is C15H22N4O2S. The molecule has 120 valence electrons. The minimum Gasteiger partial charge on any atom is -0.296 e. The summed E-state index contributed by atoms with van der Waals surface area (Å²) in [7, 11) is -2.94.